The number of ether oxygens (including phenoxy) is 1. The van der Waals surface area contributed by atoms with Crippen molar-refractivity contribution in [2.24, 2.45) is 0 Å². The van der Waals surface area contributed by atoms with E-state index in [-0.39, 0.29) is 23.1 Å². The largest absolute Gasteiger partial charge is 0.452 e. The molecule has 1 aliphatic rings. The number of nitrogens with zero attached hydrogens (tertiary/aromatic N) is 3. The van der Waals surface area contributed by atoms with Gasteiger partial charge in [-0.15, -0.1) is 0 Å². The lowest BCUT2D eigenvalue weighted by Gasteiger charge is -2.23. The lowest BCUT2D eigenvalue weighted by Crippen LogP contribution is -2.40. The Bertz CT molecular complexity index is 928. The van der Waals surface area contributed by atoms with Crippen LogP contribution in [0, 0.1) is 0 Å². The Morgan fingerprint density at radius 2 is 1.96 bits per heavy atom. The van der Waals surface area contributed by atoms with E-state index in [1.54, 1.807) is 24.4 Å². The zero-order chi connectivity index (χ0) is 18.0. The predicted octanol–water partition coefficient (Wildman–Crippen LogP) is 0.432. The molecule has 1 aromatic heterocycles. The summed E-state index contributed by atoms with van der Waals surface area (Å²) >= 11 is 0. The molecule has 2 aromatic rings. The van der Waals surface area contributed by atoms with Crippen molar-refractivity contribution in [1.82, 2.24) is 14.9 Å². The Hall–Kier alpha value is -2.55. The number of esters is 1. The van der Waals surface area contributed by atoms with Crippen LogP contribution >= 0.6 is 0 Å². The first-order valence-electron chi connectivity index (χ1n) is 7.70. The summed E-state index contributed by atoms with van der Waals surface area (Å²) in [4.78, 5) is 33.8. The second-order valence-corrected chi connectivity index (χ2v) is 8.13. The summed E-state index contributed by atoms with van der Waals surface area (Å²) in [6.07, 6.45) is 3.48. The van der Waals surface area contributed by atoms with E-state index < -0.39 is 28.3 Å². The van der Waals surface area contributed by atoms with Gasteiger partial charge in [0.25, 0.3) is 5.91 Å². The second-order valence-electron chi connectivity index (χ2n) is 5.90. The van der Waals surface area contributed by atoms with Gasteiger partial charge in [-0.25, -0.2) is 13.2 Å². The number of hydrogen-bond acceptors (Lipinski definition) is 7. The van der Waals surface area contributed by atoms with Crippen LogP contribution in [-0.2, 0) is 19.4 Å². The zero-order valence-electron chi connectivity index (χ0n) is 13.6. The molecule has 1 fully saturated rings. The SMILES string of the molecule is CN(C(=O)COC(=O)c1ccc2nccnc2c1)[C@H]1CCS(=O)(=O)C1. The molecular formula is C16H17N3O5S. The van der Waals surface area contributed by atoms with Crippen LogP contribution in [0.5, 0.6) is 0 Å². The Labute approximate surface area is 144 Å². The molecule has 1 amide bonds. The molecule has 2 heterocycles. The van der Waals surface area contributed by atoms with Crippen molar-refractivity contribution >= 4 is 32.7 Å². The molecule has 132 valence electrons. The third-order valence-electron chi connectivity index (χ3n) is 4.18. The molecular weight excluding hydrogens is 346 g/mol. The molecule has 1 saturated heterocycles. The minimum atomic E-state index is -3.08. The van der Waals surface area contributed by atoms with Crippen LogP contribution in [0.1, 0.15) is 16.8 Å². The first-order valence-corrected chi connectivity index (χ1v) is 9.52. The fourth-order valence-corrected chi connectivity index (χ4v) is 4.46. The number of carbonyl (C=O) groups excluding carboxylic acids is 2. The number of hydrogen-bond donors (Lipinski definition) is 0. The number of carbonyl (C=O) groups is 2. The smallest absolute Gasteiger partial charge is 0.338 e. The molecule has 0 saturated carbocycles. The van der Waals surface area contributed by atoms with Gasteiger partial charge >= 0.3 is 5.97 Å². The maximum absolute atomic E-state index is 12.1. The molecule has 1 aromatic carbocycles. The molecule has 0 N–H and O–H groups in total. The van der Waals surface area contributed by atoms with Crippen LogP contribution in [0.4, 0.5) is 0 Å². The lowest BCUT2D eigenvalue weighted by molar-refractivity contribution is -0.134. The van der Waals surface area contributed by atoms with Crippen LogP contribution in [-0.4, -0.2) is 66.4 Å². The van der Waals surface area contributed by atoms with Crippen molar-refractivity contribution in [3.8, 4) is 0 Å². The van der Waals surface area contributed by atoms with Gasteiger partial charge in [-0.3, -0.25) is 14.8 Å². The number of benzene rings is 1. The first kappa shape index (κ1) is 17.3. The number of amides is 1. The van der Waals surface area contributed by atoms with E-state index in [1.807, 2.05) is 0 Å². The average Bonchev–Trinajstić information content (AvgIpc) is 2.98. The highest BCUT2D eigenvalue weighted by Gasteiger charge is 2.32. The molecule has 9 heteroatoms. The van der Waals surface area contributed by atoms with Gasteiger partial charge in [-0.2, -0.15) is 0 Å². The van der Waals surface area contributed by atoms with E-state index in [2.05, 4.69) is 9.97 Å². The Morgan fingerprint density at radius 3 is 2.64 bits per heavy atom. The molecule has 25 heavy (non-hydrogen) atoms. The summed E-state index contributed by atoms with van der Waals surface area (Å²) < 4.78 is 28.0. The monoisotopic (exact) mass is 363 g/mol. The van der Waals surface area contributed by atoms with E-state index in [9.17, 15) is 18.0 Å². The van der Waals surface area contributed by atoms with Crippen LogP contribution in [0.25, 0.3) is 11.0 Å². The predicted molar refractivity (Wildman–Crippen MR) is 89.6 cm³/mol. The van der Waals surface area contributed by atoms with Gasteiger partial charge in [-0.1, -0.05) is 0 Å². The summed E-state index contributed by atoms with van der Waals surface area (Å²) in [5.41, 5.74) is 1.47. The minimum Gasteiger partial charge on any atom is -0.452 e. The van der Waals surface area contributed by atoms with Gasteiger partial charge in [0.1, 0.15) is 0 Å². The van der Waals surface area contributed by atoms with E-state index in [1.165, 1.54) is 18.1 Å². The Balaban J connectivity index is 1.60. The van der Waals surface area contributed by atoms with Crippen molar-refractivity contribution in [2.75, 3.05) is 25.2 Å². The lowest BCUT2D eigenvalue weighted by atomic mass is 10.2. The maximum Gasteiger partial charge on any atom is 0.338 e. The third kappa shape index (κ3) is 3.93. The van der Waals surface area contributed by atoms with E-state index in [4.69, 9.17) is 4.74 Å². The van der Waals surface area contributed by atoms with Crippen molar-refractivity contribution in [3.05, 3.63) is 36.2 Å². The number of likely N-dealkylation sites (N-methyl/N-ethyl adjacent to an activating group) is 1. The van der Waals surface area contributed by atoms with Gasteiger partial charge in [0.2, 0.25) is 0 Å². The highest BCUT2D eigenvalue weighted by Crippen LogP contribution is 2.17. The number of aromatic nitrogens is 2. The molecule has 1 atom stereocenters. The fourth-order valence-electron chi connectivity index (χ4n) is 2.69. The normalized spacial score (nSPS) is 18.8. The summed E-state index contributed by atoms with van der Waals surface area (Å²) in [6, 6.07) is 4.38. The number of sulfone groups is 1. The first-order chi connectivity index (χ1) is 11.9. The van der Waals surface area contributed by atoms with Crippen molar-refractivity contribution in [2.45, 2.75) is 12.5 Å². The van der Waals surface area contributed by atoms with Gasteiger partial charge in [0, 0.05) is 25.5 Å². The highest BCUT2D eigenvalue weighted by molar-refractivity contribution is 7.91. The Morgan fingerprint density at radius 1 is 1.24 bits per heavy atom. The molecule has 1 aliphatic heterocycles. The fraction of sp³-hybridized carbons (Fsp3) is 0.375. The third-order valence-corrected chi connectivity index (χ3v) is 5.93. The van der Waals surface area contributed by atoms with Crippen LogP contribution in [0.15, 0.2) is 30.6 Å². The standard InChI is InChI=1S/C16H17N3O5S/c1-19(12-4-7-25(22,23)10-12)15(20)9-24-16(21)11-2-3-13-14(8-11)18-6-5-17-13/h2-3,5-6,8,12H,4,7,9-10H2,1H3/t12-/m0/s1. The van der Waals surface area contributed by atoms with Crippen molar-refractivity contribution in [1.29, 1.82) is 0 Å². The summed E-state index contributed by atoms with van der Waals surface area (Å²) in [7, 11) is -1.56. The Kier molecular flexibility index (Phi) is 4.67. The van der Waals surface area contributed by atoms with Crippen molar-refractivity contribution in [3.63, 3.8) is 0 Å². The maximum atomic E-state index is 12.1. The number of rotatable bonds is 4. The molecule has 0 spiro atoms. The van der Waals surface area contributed by atoms with Crippen LogP contribution in [0.2, 0.25) is 0 Å². The topological polar surface area (TPSA) is 107 Å². The van der Waals surface area contributed by atoms with E-state index in [0.717, 1.165) is 0 Å². The molecule has 3 rings (SSSR count). The zero-order valence-corrected chi connectivity index (χ0v) is 14.4. The molecule has 8 nitrogen and oxygen atoms in total. The summed E-state index contributed by atoms with van der Waals surface area (Å²) in [5.74, 6) is -1.05. The summed E-state index contributed by atoms with van der Waals surface area (Å²) in [6.45, 7) is -0.440. The van der Waals surface area contributed by atoms with Gasteiger partial charge in [-0.05, 0) is 24.6 Å². The van der Waals surface area contributed by atoms with Crippen LogP contribution < -0.4 is 0 Å². The molecule has 0 bridgehead atoms. The van der Waals surface area contributed by atoms with Gasteiger partial charge in [0.15, 0.2) is 16.4 Å². The van der Waals surface area contributed by atoms with E-state index in [0.29, 0.717) is 17.5 Å². The average molecular weight is 363 g/mol. The highest BCUT2D eigenvalue weighted by atomic mass is 32.2. The second kappa shape index (κ2) is 6.75. The van der Waals surface area contributed by atoms with Crippen LogP contribution in [0.3, 0.4) is 0 Å². The van der Waals surface area contributed by atoms with Crippen molar-refractivity contribution < 1.29 is 22.7 Å². The number of fused-ring (bicyclic) bond motifs is 1. The quantitative estimate of drug-likeness (QED) is 0.725. The molecule has 0 radical (unpaired) electrons. The minimum absolute atomic E-state index is 0.0491. The van der Waals surface area contributed by atoms with Gasteiger partial charge < -0.3 is 9.64 Å². The molecule has 0 aliphatic carbocycles. The molecule has 0 unspecified atom stereocenters. The summed E-state index contributed by atoms with van der Waals surface area (Å²) in [5, 5.41) is 0. The van der Waals surface area contributed by atoms with E-state index >= 15 is 0 Å². The van der Waals surface area contributed by atoms with Gasteiger partial charge in [0.05, 0.1) is 28.1 Å².